The second-order valence-corrected chi connectivity index (χ2v) is 14.4. The Kier molecular flexibility index (Phi) is 6.16. The first kappa shape index (κ1) is 28.4. The minimum atomic E-state index is 1.17. The maximum Gasteiger partial charge on any atom is 0.0555 e. The quantitative estimate of drug-likeness (QED) is 0.177. The molecular weight excluding hydrogens is 637 g/mol. The molecule has 0 unspecified atom stereocenters. The van der Waals surface area contributed by atoms with Gasteiger partial charge in [0, 0.05) is 47.4 Å². The first-order valence-electron chi connectivity index (χ1n) is 17.4. The number of rotatable bonds is 4. The number of hydrogen-bond donors (Lipinski definition) is 0. The fourth-order valence-electron chi connectivity index (χ4n) is 8.22. The molecule has 3 heteroatoms. The van der Waals surface area contributed by atoms with Crippen molar-refractivity contribution in [2.75, 3.05) is 0 Å². The highest BCUT2D eigenvalue weighted by Gasteiger charge is 2.19. The summed E-state index contributed by atoms with van der Waals surface area (Å²) < 4.78 is 7.49. The first-order valence-corrected chi connectivity index (χ1v) is 18.3. The van der Waals surface area contributed by atoms with Crippen LogP contribution in [0.1, 0.15) is 0 Å². The van der Waals surface area contributed by atoms with E-state index in [9.17, 15) is 0 Å². The zero-order valence-electron chi connectivity index (χ0n) is 27.6. The molecule has 3 aromatic heterocycles. The van der Waals surface area contributed by atoms with Crippen LogP contribution in [0.5, 0.6) is 0 Å². The van der Waals surface area contributed by atoms with E-state index in [0.717, 1.165) is 0 Å². The predicted molar refractivity (Wildman–Crippen MR) is 219 cm³/mol. The smallest absolute Gasteiger partial charge is 0.0555 e. The third-order valence-corrected chi connectivity index (χ3v) is 11.7. The molecule has 8 aromatic carbocycles. The molecule has 0 saturated carbocycles. The van der Waals surface area contributed by atoms with Gasteiger partial charge in [0.15, 0.2) is 0 Å². The molecule has 0 aliphatic rings. The Labute approximate surface area is 298 Å². The summed E-state index contributed by atoms with van der Waals surface area (Å²) in [5, 5.41) is 7.66. The number of thiophene rings is 1. The third kappa shape index (κ3) is 4.29. The van der Waals surface area contributed by atoms with Crippen LogP contribution in [0, 0.1) is 0 Å². The van der Waals surface area contributed by atoms with E-state index >= 15 is 0 Å². The molecular formula is C48H30N2S. The lowest BCUT2D eigenvalue weighted by molar-refractivity contribution is 1.17. The van der Waals surface area contributed by atoms with Gasteiger partial charge in [-0.25, -0.2) is 0 Å². The average Bonchev–Trinajstić information content (AvgIpc) is 3.85. The van der Waals surface area contributed by atoms with Crippen molar-refractivity contribution in [3.05, 3.63) is 182 Å². The maximum absolute atomic E-state index is 2.48. The van der Waals surface area contributed by atoms with Crippen LogP contribution < -0.4 is 0 Å². The molecule has 2 nitrogen and oxygen atoms in total. The summed E-state index contributed by atoms with van der Waals surface area (Å²) in [6.45, 7) is 0. The molecule has 0 aliphatic carbocycles. The van der Waals surface area contributed by atoms with E-state index in [1.54, 1.807) is 0 Å². The van der Waals surface area contributed by atoms with E-state index in [4.69, 9.17) is 0 Å². The van der Waals surface area contributed by atoms with Crippen molar-refractivity contribution in [3.8, 4) is 33.6 Å². The second kappa shape index (κ2) is 11.0. The Hall–Kier alpha value is -6.42. The third-order valence-electron chi connectivity index (χ3n) is 10.5. The van der Waals surface area contributed by atoms with Crippen molar-refractivity contribution >= 4 is 75.1 Å². The van der Waals surface area contributed by atoms with Crippen molar-refractivity contribution in [1.82, 2.24) is 9.13 Å². The number of nitrogens with zero attached hydrogens (tertiary/aromatic N) is 2. The highest BCUT2D eigenvalue weighted by molar-refractivity contribution is 7.26. The monoisotopic (exact) mass is 666 g/mol. The molecule has 0 saturated heterocycles. The lowest BCUT2D eigenvalue weighted by Gasteiger charge is -2.12. The van der Waals surface area contributed by atoms with Crippen LogP contribution in [0.4, 0.5) is 0 Å². The minimum Gasteiger partial charge on any atom is -0.309 e. The summed E-state index contributed by atoms with van der Waals surface area (Å²) in [5.41, 5.74) is 12.2. The van der Waals surface area contributed by atoms with Crippen molar-refractivity contribution in [1.29, 1.82) is 0 Å². The molecule has 0 atom stereocenters. The molecule has 0 amide bonds. The van der Waals surface area contributed by atoms with Crippen LogP contribution in [0.15, 0.2) is 182 Å². The van der Waals surface area contributed by atoms with Gasteiger partial charge in [-0.15, -0.1) is 11.3 Å². The van der Waals surface area contributed by atoms with Gasteiger partial charge >= 0.3 is 0 Å². The minimum absolute atomic E-state index is 1.17. The van der Waals surface area contributed by atoms with Crippen molar-refractivity contribution < 1.29 is 0 Å². The lowest BCUT2D eigenvalue weighted by Crippen LogP contribution is -1.96. The molecule has 0 radical (unpaired) electrons. The summed E-state index contributed by atoms with van der Waals surface area (Å²) in [6, 6.07) is 66.6. The van der Waals surface area contributed by atoms with Crippen LogP contribution >= 0.6 is 11.3 Å². The van der Waals surface area contributed by atoms with Crippen LogP contribution in [0.3, 0.4) is 0 Å². The maximum atomic E-state index is 2.48. The van der Waals surface area contributed by atoms with Gasteiger partial charge in [-0.1, -0.05) is 127 Å². The highest BCUT2D eigenvalue weighted by Crippen LogP contribution is 2.43. The number of para-hydroxylation sites is 3. The van der Waals surface area contributed by atoms with Crippen LogP contribution in [-0.4, -0.2) is 9.13 Å². The summed E-state index contributed by atoms with van der Waals surface area (Å²) in [6.07, 6.45) is 0. The summed E-state index contributed by atoms with van der Waals surface area (Å²) in [5.74, 6) is 0. The van der Waals surface area contributed by atoms with Crippen molar-refractivity contribution in [3.63, 3.8) is 0 Å². The summed E-state index contributed by atoms with van der Waals surface area (Å²) in [7, 11) is 0. The van der Waals surface area contributed by atoms with Gasteiger partial charge in [-0.2, -0.15) is 0 Å². The Morgan fingerprint density at radius 3 is 1.57 bits per heavy atom. The van der Waals surface area contributed by atoms with E-state index in [2.05, 4.69) is 191 Å². The number of fused-ring (bicyclic) bond motifs is 9. The van der Waals surface area contributed by atoms with E-state index in [1.807, 2.05) is 11.3 Å². The molecule has 3 heterocycles. The molecule has 0 N–H and O–H groups in total. The number of benzene rings is 8. The SMILES string of the molecule is c1ccc(-c2ccc(-c3ccc4c(c3)sc3cccc(-n5c6ccccc6c6cc(-n7c8ccccc8c8ccccc87)ccc65)c34)cc2)cc1. The zero-order valence-corrected chi connectivity index (χ0v) is 28.4. The molecule has 0 fully saturated rings. The fourth-order valence-corrected chi connectivity index (χ4v) is 9.39. The lowest BCUT2D eigenvalue weighted by atomic mass is 9.99. The van der Waals surface area contributed by atoms with Gasteiger partial charge in [0.2, 0.25) is 0 Å². The van der Waals surface area contributed by atoms with E-state index < -0.39 is 0 Å². The molecule has 0 aliphatic heterocycles. The predicted octanol–water partition coefficient (Wildman–Crippen LogP) is 13.6. The average molecular weight is 667 g/mol. The summed E-state index contributed by atoms with van der Waals surface area (Å²) in [4.78, 5) is 0. The largest absolute Gasteiger partial charge is 0.309 e. The molecule has 0 spiro atoms. The molecule has 238 valence electrons. The van der Waals surface area contributed by atoms with Crippen LogP contribution in [0.25, 0.3) is 97.4 Å². The molecule has 11 aromatic rings. The van der Waals surface area contributed by atoms with Gasteiger partial charge in [-0.3, -0.25) is 0 Å². The van der Waals surface area contributed by atoms with Crippen molar-refractivity contribution in [2.24, 2.45) is 0 Å². The standard InChI is InChI=1S/C48H30N2S/c1-2-11-31(12-3-1)32-21-23-33(24-22-32)34-25-27-39-47(29-34)51-46-20-10-19-45(48(39)46)50-43-18-9-6-15-38(43)40-30-35(26-28-44(40)50)49-41-16-7-4-13-36(41)37-14-5-8-17-42(37)49/h1-30H. The first-order chi connectivity index (χ1) is 25.3. The number of aromatic nitrogens is 2. The Balaban J connectivity index is 1.08. The Morgan fingerprint density at radius 2 is 0.863 bits per heavy atom. The summed E-state index contributed by atoms with van der Waals surface area (Å²) >= 11 is 1.88. The Morgan fingerprint density at radius 1 is 0.314 bits per heavy atom. The molecule has 0 bridgehead atoms. The normalized spacial score (nSPS) is 11.9. The van der Waals surface area contributed by atoms with E-state index in [1.165, 1.54) is 97.4 Å². The van der Waals surface area contributed by atoms with Crippen molar-refractivity contribution in [2.45, 2.75) is 0 Å². The van der Waals surface area contributed by atoms with Gasteiger partial charge in [0.1, 0.15) is 0 Å². The van der Waals surface area contributed by atoms with Gasteiger partial charge in [0.25, 0.3) is 0 Å². The van der Waals surface area contributed by atoms with Crippen LogP contribution in [-0.2, 0) is 0 Å². The Bertz CT molecular complexity index is 3070. The fraction of sp³-hybridized carbons (Fsp3) is 0. The highest BCUT2D eigenvalue weighted by atomic mass is 32.1. The molecule has 51 heavy (non-hydrogen) atoms. The topological polar surface area (TPSA) is 9.86 Å². The van der Waals surface area contributed by atoms with Gasteiger partial charge in [-0.05, 0) is 76.9 Å². The van der Waals surface area contributed by atoms with Gasteiger partial charge in [0.05, 0.1) is 27.8 Å². The van der Waals surface area contributed by atoms with E-state index in [-0.39, 0.29) is 0 Å². The molecule has 11 rings (SSSR count). The van der Waals surface area contributed by atoms with Crippen LogP contribution in [0.2, 0.25) is 0 Å². The van der Waals surface area contributed by atoms with Gasteiger partial charge < -0.3 is 9.13 Å². The zero-order chi connectivity index (χ0) is 33.5. The second-order valence-electron chi connectivity index (χ2n) is 13.3. The number of hydrogen-bond acceptors (Lipinski definition) is 1. The van der Waals surface area contributed by atoms with E-state index in [0.29, 0.717) is 0 Å².